The summed E-state index contributed by atoms with van der Waals surface area (Å²) in [5, 5.41) is 1.95. The molecule has 0 N–H and O–H groups in total. The molecule has 20 heavy (non-hydrogen) atoms. The van der Waals surface area contributed by atoms with Gasteiger partial charge in [0.1, 0.15) is 22.2 Å². The predicted molar refractivity (Wildman–Crippen MR) is 76.6 cm³/mol. The third-order valence-electron chi connectivity index (χ3n) is 3.53. The van der Waals surface area contributed by atoms with Gasteiger partial charge in [0.2, 0.25) is 11.4 Å². The van der Waals surface area contributed by atoms with Crippen LogP contribution in [0.5, 0.6) is 0 Å². The molecule has 0 aliphatic rings. The van der Waals surface area contributed by atoms with Crippen LogP contribution in [0.2, 0.25) is 0 Å². The summed E-state index contributed by atoms with van der Waals surface area (Å²) >= 11 is 0. The minimum absolute atomic E-state index is 0.512. The Kier molecular flexibility index (Phi) is 1.68. The van der Waals surface area contributed by atoms with Crippen molar-refractivity contribution in [3.8, 4) is 0 Å². The second-order valence-electron chi connectivity index (χ2n) is 4.73. The second-order valence-corrected chi connectivity index (χ2v) is 4.73. The van der Waals surface area contributed by atoms with Crippen LogP contribution in [-0.4, -0.2) is 9.97 Å². The highest BCUT2D eigenvalue weighted by Gasteiger charge is 2.15. The molecule has 0 unspecified atom stereocenters. The maximum absolute atomic E-state index is 5.72. The van der Waals surface area contributed by atoms with Crippen LogP contribution in [0.3, 0.4) is 0 Å². The SMILES string of the molecule is c1ccc2c(c1)oc1nc3oc4ccccc4c3nc12. The smallest absolute Gasteiger partial charge is 0.249 e. The van der Waals surface area contributed by atoms with Crippen LogP contribution in [0.15, 0.2) is 57.4 Å². The fourth-order valence-corrected chi connectivity index (χ4v) is 2.61. The molecule has 0 bridgehead atoms. The van der Waals surface area contributed by atoms with Crippen molar-refractivity contribution in [2.45, 2.75) is 0 Å². The van der Waals surface area contributed by atoms with Gasteiger partial charge in [-0.05, 0) is 24.3 Å². The Labute approximate surface area is 112 Å². The molecule has 4 nitrogen and oxygen atoms in total. The van der Waals surface area contributed by atoms with Crippen molar-refractivity contribution in [3.05, 3.63) is 48.5 Å². The van der Waals surface area contributed by atoms with E-state index in [9.17, 15) is 0 Å². The lowest BCUT2D eigenvalue weighted by atomic mass is 10.2. The summed E-state index contributed by atoms with van der Waals surface area (Å²) < 4.78 is 11.4. The van der Waals surface area contributed by atoms with Gasteiger partial charge in [-0.15, -0.1) is 0 Å². The summed E-state index contributed by atoms with van der Waals surface area (Å²) in [6.45, 7) is 0. The molecular weight excluding hydrogens is 252 g/mol. The van der Waals surface area contributed by atoms with Crippen molar-refractivity contribution in [3.63, 3.8) is 0 Å². The summed E-state index contributed by atoms with van der Waals surface area (Å²) in [5.41, 5.74) is 4.16. The number of hydrogen-bond acceptors (Lipinski definition) is 4. The Bertz CT molecular complexity index is 1020. The first-order valence-corrected chi connectivity index (χ1v) is 6.37. The Hall–Kier alpha value is -2.88. The van der Waals surface area contributed by atoms with Crippen molar-refractivity contribution < 1.29 is 8.83 Å². The minimum Gasteiger partial charge on any atom is -0.436 e. The number of furan rings is 2. The van der Waals surface area contributed by atoms with Crippen LogP contribution in [-0.2, 0) is 0 Å². The highest BCUT2D eigenvalue weighted by molar-refractivity contribution is 6.07. The lowest BCUT2D eigenvalue weighted by molar-refractivity contribution is 0.630. The highest BCUT2D eigenvalue weighted by atomic mass is 16.4. The number of benzene rings is 2. The van der Waals surface area contributed by atoms with Crippen molar-refractivity contribution in [1.29, 1.82) is 0 Å². The molecule has 94 valence electrons. The molecule has 0 fully saturated rings. The van der Waals surface area contributed by atoms with Crippen molar-refractivity contribution in [2.24, 2.45) is 0 Å². The fourth-order valence-electron chi connectivity index (χ4n) is 2.61. The van der Waals surface area contributed by atoms with E-state index in [2.05, 4.69) is 4.98 Å². The molecule has 0 atom stereocenters. The quantitative estimate of drug-likeness (QED) is 0.417. The van der Waals surface area contributed by atoms with Gasteiger partial charge < -0.3 is 8.83 Å². The topological polar surface area (TPSA) is 52.1 Å². The van der Waals surface area contributed by atoms with Crippen LogP contribution in [0.4, 0.5) is 0 Å². The molecule has 5 aromatic rings. The fraction of sp³-hybridized carbons (Fsp3) is 0. The zero-order valence-corrected chi connectivity index (χ0v) is 10.3. The van der Waals surface area contributed by atoms with Gasteiger partial charge in [0.25, 0.3) is 0 Å². The molecule has 0 amide bonds. The predicted octanol–water partition coefficient (Wildman–Crippen LogP) is 4.28. The zero-order valence-electron chi connectivity index (χ0n) is 10.3. The summed E-state index contributed by atoms with van der Waals surface area (Å²) in [4.78, 5) is 9.16. The number of nitrogens with zero attached hydrogens (tertiary/aromatic N) is 2. The third kappa shape index (κ3) is 1.15. The Morgan fingerprint density at radius 1 is 0.600 bits per heavy atom. The van der Waals surface area contributed by atoms with Crippen LogP contribution in [0, 0.1) is 0 Å². The Morgan fingerprint density at radius 2 is 1.10 bits per heavy atom. The van der Waals surface area contributed by atoms with Gasteiger partial charge in [0.05, 0.1) is 0 Å². The van der Waals surface area contributed by atoms with E-state index in [0.717, 1.165) is 33.0 Å². The largest absolute Gasteiger partial charge is 0.436 e. The van der Waals surface area contributed by atoms with Crippen molar-refractivity contribution >= 4 is 44.4 Å². The van der Waals surface area contributed by atoms with E-state index < -0.39 is 0 Å². The van der Waals surface area contributed by atoms with Crippen molar-refractivity contribution in [2.75, 3.05) is 0 Å². The van der Waals surface area contributed by atoms with Gasteiger partial charge in [-0.2, -0.15) is 4.98 Å². The Morgan fingerprint density at radius 3 is 1.65 bits per heavy atom. The van der Waals surface area contributed by atoms with Crippen molar-refractivity contribution in [1.82, 2.24) is 9.97 Å². The normalized spacial score (nSPS) is 12.0. The summed E-state index contributed by atoms with van der Waals surface area (Å²) in [7, 11) is 0. The van der Waals surface area contributed by atoms with E-state index in [1.165, 1.54) is 0 Å². The maximum Gasteiger partial charge on any atom is 0.249 e. The third-order valence-corrected chi connectivity index (χ3v) is 3.53. The lowest BCUT2D eigenvalue weighted by Crippen LogP contribution is -1.80. The molecule has 5 rings (SSSR count). The van der Waals surface area contributed by atoms with E-state index in [-0.39, 0.29) is 0 Å². The summed E-state index contributed by atoms with van der Waals surface area (Å²) in [5.74, 6) is 0. The molecule has 2 aromatic carbocycles. The Balaban J connectivity index is 2.06. The number of para-hydroxylation sites is 2. The second kappa shape index (κ2) is 3.36. The molecule has 0 saturated heterocycles. The minimum atomic E-state index is 0.512. The van der Waals surface area contributed by atoms with Gasteiger partial charge in [0, 0.05) is 10.8 Å². The first-order valence-electron chi connectivity index (χ1n) is 6.37. The average molecular weight is 260 g/mol. The first-order chi connectivity index (χ1) is 9.90. The van der Waals surface area contributed by atoms with Crippen LogP contribution < -0.4 is 0 Å². The number of hydrogen-bond donors (Lipinski definition) is 0. The van der Waals surface area contributed by atoms with Crippen LogP contribution in [0.25, 0.3) is 44.4 Å². The zero-order chi connectivity index (χ0) is 13.1. The number of fused-ring (bicyclic) bond motifs is 6. The summed E-state index contributed by atoms with van der Waals surface area (Å²) in [6, 6.07) is 15.6. The van der Waals surface area contributed by atoms with E-state index >= 15 is 0 Å². The molecule has 0 aliphatic carbocycles. The van der Waals surface area contributed by atoms with E-state index in [0.29, 0.717) is 11.4 Å². The monoisotopic (exact) mass is 260 g/mol. The van der Waals surface area contributed by atoms with Gasteiger partial charge >= 0.3 is 0 Å². The molecule has 3 aromatic heterocycles. The molecule has 0 spiro atoms. The van der Waals surface area contributed by atoms with Gasteiger partial charge in [-0.3, -0.25) is 0 Å². The van der Waals surface area contributed by atoms with Gasteiger partial charge in [-0.25, -0.2) is 4.98 Å². The first kappa shape index (κ1) is 9.97. The lowest BCUT2D eigenvalue weighted by Gasteiger charge is -1.89. The van der Waals surface area contributed by atoms with Crippen LogP contribution in [0.1, 0.15) is 0 Å². The van der Waals surface area contributed by atoms with E-state index in [1.807, 2.05) is 48.5 Å². The molecule has 3 heterocycles. The molecule has 4 heteroatoms. The molecular formula is C16H8N2O2. The molecule has 0 saturated carbocycles. The van der Waals surface area contributed by atoms with E-state index in [4.69, 9.17) is 13.8 Å². The molecule has 0 radical (unpaired) electrons. The number of aromatic nitrogens is 2. The number of rotatable bonds is 0. The van der Waals surface area contributed by atoms with E-state index in [1.54, 1.807) is 0 Å². The molecule has 0 aliphatic heterocycles. The van der Waals surface area contributed by atoms with Gasteiger partial charge in [0.15, 0.2) is 0 Å². The van der Waals surface area contributed by atoms with Crippen LogP contribution >= 0.6 is 0 Å². The summed E-state index contributed by atoms with van der Waals surface area (Å²) in [6.07, 6.45) is 0. The maximum atomic E-state index is 5.72. The standard InChI is InChI=1S/C16H8N2O2/c1-3-7-11-9(5-1)13-15(19-11)18-16-14(17-13)10-6-2-4-8-12(10)20-16/h1-8H. The highest BCUT2D eigenvalue weighted by Crippen LogP contribution is 2.31. The van der Waals surface area contributed by atoms with Gasteiger partial charge in [-0.1, -0.05) is 24.3 Å². The average Bonchev–Trinajstić information content (AvgIpc) is 3.02.